The van der Waals surface area contributed by atoms with Gasteiger partial charge in [-0.25, -0.2) is 4.79 Å². The van der Waals surface area contributed by atoms with Gasteiger partial charge in [0.05, 0.1) is 17.9 Å². The highest BCUT2D eigenvalue weighted by Crippen LogP contribution is 2.49. The summed E-state index contributed by atoms with van der Waals surface area (Å²) in [5, 5.41) is 2.73. The summed E-state index contributed by atoms with van der Waals surface area (Å²) >= 11 is 0. The Morgan fingerprint density at radius 3 is 2.32 bits per heavy atom. The van der Waals surface area contributed by atoms with Gasteiger partial charge in [-0.15, -0.1) is 0 Å². The molecule has 0 unspecified atom stereocenters. The van der Waals surface area contributed by atoms with Gasteiger partial charge in [-0.3, -0.25) is 9.78 Å². The van der Waals surface area contributed by atoms with Gasteiger partial charge >= 0.3 is 12.3 Å². The number of rotatable bonds is 4. The van der Waals surface area contributed by atoms with Crippen molar-refractivity contribution >= 4 is 12.4 Å². The first-order chi connectivity index (χ1) is 14.2. The summed E-state index contributed by atoms with van der Waals surface area (Å²) < 4.78 is 42.6. The summed E-state index contributed by atoms with van der Waals surface area (Å²) in [5.41, 5.74) is 1.66. The molecule has 2 heterocycles. The van der Waals surface area contributed by atoms with Gasteiger partial charge in [-0.2, -0.15) is 13.2 Å². The van der Waals surface area contributed by atoms with Gasteiger partial charge in [-0.05, 0) is 59.7 Å². The number of aryl methyl sites for hydroxylation is 1. The number of alkyl carbamates (subject to hydrolysis) is 1. The number of carbonyl (C=O) groups is 2. The van der Waals surface area contributed by atoms with Crippen LogP contribution in [0.4, 0.5) is 18.0 Å². The second-order valence-electron chi connectivity index (χ2n) is 9.22. The van der Waals surface area contributed by atoms with E-state index >= 15 is 0 Å². The number of hydrogen-bond acceptors (Lipinski definition) is 6. The second kappa shape index (κ2) is 9.42. The summed E-state index contributed by atoms with van der Waals surface area (Å²) in [7, 11) is 2.16. The molecule has 1 saturated carbocycles. The Kier molecular flexibility index (Phi) is 7.57. The van der Waals surface area contributed by atoms with Crippen molar-refractivity contribution in [3.05, 3.63) is 23.5 Å². The maximum atomic E-state index is 11.7. The quantitative estimate of drug-likeness (QED) is 0.713. The van der Waals surface area contributed by atoms with E-state index in [9.17, 15) is 18.0 Å². The van der Waals surface area contributed by atoms with Crippen LogP contribution in [0.25, 0.3) is 0 Å². The zero-order chi connectivity index (χ0) is 23.4. The molecular formula is C21H30F3N3O4. The lowest BCUT2D eigenvalue weighted by molar-refractivity contribution is -0.156. The third-order valence-electron chi connectivity index (χ3n) is 4.87. The van der Waals surface area contributed by atoms with Gasteiger partial charge in [0.1, 0.15) is 17.5 Å². The van der Waals surface area contributed by atoms with Crippen molar-refractivity contribution in [3.63, 3.8) is 0 Å². The first-order valence-corrected chi connectivity index (χ1v) is 10.0. The fourth-order valence-corrected chi connectivity index (χ4v) is 3.83. The lowest BCUT2D eigenvalue weighted by Gasteiger charge is -2.57. The maximum Gasteiger partial charge on any atom is 0.446 e. The minimum Gasteiger partial charge on any atom is -0.488 e. The normalized spacial score (nSPS) is 18.2. The molecule has 1 aliphatic carbocycles. The van der Waals surface area contributed by atoms with Crippen LogP contribution in [0.5, 0.6) is 5.75 Å². The number of amides is 1. The average Bonchev–Trinajstić information content (AvgIpc) is 2.57. The van der Waals surface area contributed by atoms with Crippen LogP contribution in [0.3, 0.4) is 0 Å². The van der Waals surface area contributed by atoms with Crippen LogP contribution in [0, 0.1) is 12.3 Å². The molecule has 7 nitrogen and oxygen atoms in total. The van der Waals surface area contributed by atoms with Crippen LogP contribution < -0.4 is 10.1 Å². The Balaban J connectivity index is 0.000000501. The number of ether oxygens (including phenoxy) is 2. The molecule has 31 heavy (non-hydrogen) atoms. The molecule has 0 atom stereocenters. The number of hydrogen-bond donors (Lipinski definition) is 1. The maximum absolute atomic E-state index is 11.7. The van der Waals surface area contributed by atoms with Gasteiger partial charge in [-0.1, -0.05) is 0 Å². The van der Waals surface area contributed by atoms with Crippen LogP contribution in [0.15, 0.2) is 12.1 Å². The fraction of sp³-hybridized carbons (Fsp3) is 0.667. The average molecular weight is 445 g/mol. The first-order valence-electron chi connectivity index (χ1n) is 10.0. The van der Waals surface area contributed by atoms with Crippen LogP contribution in [-0.2, 0) is 16.1 Å². The van der Waals surface area contributed by atoms with Gasteiger partial charge < -0.3 is 19.7 Å². The van der Waals surface area contributed by atoms with Gasteiger partial charge in [0, 0.05) is 18.5 Å². The molecule has 1 aliphatic heterocycles. The Labute approximate surface area is 180 Å². The van der Waals surface area contributed by atoms with E-state index in [4.69, 9.17) is 14.3 Å². The van der Waals surface area contributed by atoms with Crippen molar-refractivity contribution in [1.82, 2.24) is 15.2 Å². The van der Waals surface area contributed by atoms with Gasteiger partial charge in [0.25, 0.3) is 0 Å². The minimum absolute atomic E-state index is 0.305. The molecule has 10 heteroatoms. The van der Waals surface area contributed by atoms with Crippen molar-refractivity contribution in [1.29, 1.82) is 0 Å². The third kappa shape index (κ3) is 8.01. The molecule has 0 bridgehead atoms. The SMILES string of the molecule is Cc1nc(CNC(=O)OC(C)(C)C)ccc1OC1CC2(C1)CN(C)C2.O=CC(F)(F)F. The Hall–Kier alpha value is -2.36. The highest BCUT2D eigenvalue weighted by atomic mass is 19.4. The molecule has 1 aromatic heterocycles. The molecule has 2 aliphatic rings. The molecule has 0 aromatic carbocycles. The molecular weight excluding hydrogens is 415 g/mol. The van der Waals surface area contributed by atoms with Crippen molar-refractivity contribution in [2.45, 2.75) is 65.0 Å². The highest BCUT2D eigenvalue weighted by molar-refractivity contribution is 5.67. The van der Waals surface area contributed by atoms with Crippen LogP contribution in [0.2, 0.25) is 0 Å². The number of aldehydes is 1. The van der Waals surface area contributed by atoms with Gasteiger partial charge in [0.2, 0.25) is 6.29 Å². The molecule has 1 saturated heterocycles. The van der Waals surface area contributed by atoms with Crippen molar-refractivity contribution < 1.29 is 32.2 Å². The molecule has 0 radical (unpaired) electrons. The lowest BCUT2D eigenvalue weighted by atomic mass is 9.62. The van der Waals surface area contributed by atoms with E-state index in [1.165, 1.54) is 13.1 Å². The van der Waals surface area contributed by atoms with E-state index in [1.807, 2.05) is 39.8 Å². The Morgan fingerprint density at radius 1 is 1.29 bits per heavy atom. The van der Waals surface area contributed by atoms with E-state index in [1.54, 1.807) is 0 Å². The van der Waals surface area contributed by atoms with Crippen molar-refractivity contribution in [3.8, 4) is 5.75 Å². The summed E-state index contributed by atoms with van der Waals surface area (Å²) in [6.45, 7) is 10.2. The van der Waals surface area contributed by atoms with Crippen LogP contribution >= 0.6 is 0 Å². The number of nitrogens with zero attached hydrogens (tertiary/aromatic N) is 2. The van der Waals surface area contributed by atoms with Crippen LogP contribution in [0.1, 0.15) is 45.0 Å². The number of likely N-dealkylation sites (tertiary alicyclic amines) is 1. The minimum atomic E-state index is -4.64. The summed E-state index contributed by atoms with van der Waals surface area (Å²) in [6.07, 6.45) is -3.55. The van der Waals surface area contributed by atoms with Crippen molar-refractivity contribution in [2.75, 3.05) is 20.1 Å². The van der Waals surface area contributed by atoms with E-state index in [-0.39, 0.29) is 0 Å². The van der Waals surface area contributed by atoms with Gasteiger partial charge in [0.15, 0.2) is 0 Å². The molecule has 2 fully saturated rings. The number of carbonyl (C=O) groups excluding carboxylic acids is 2. The first kappa shape index (κ1) is 24.9. The van der Waals surface area contributed by atoms with E-state index < -0.39 is 24.2 Å². The van der Waals surface area contributed by atoms with E-state index in [2.05, 4.69) is 22.2 Å². The Morgan fingerprint density at radius 2 is 1.87 bits per heavy atom. The highest BCUT2D eigenvalue weighted by Gasteiger charge is 2.52. The Bertz CT molecular complexity index is 779. The smallest absolute Gasteiger partial charge is 0.446 e. The standard InChI is InChI=1S/C19H29N3O3.C2HF3O/c1-13-16(24-15-8-19(9-15)11-22(5)12-19)7-6-14(21-13)10-20-17(23)25-18(2,3)4;3-2(4,5)1-6/h6-7,15H,8-12H2,1-5H3,(H,20,23);1H. The number of aromatic nitrogens is 1. The summed E-state index contributed by atoms with van der Waals surface area (Å²) in [6, 6.07) is 3.84. The topological polar surface area (TPSA) is 80.8 Å². The molecule has 174 valence electrons. The number of alkyl halides is 3. The fourth-order valence-electron chi connectivity index (χ4n) is 3.83. The predicted molar refractivity (Wildman–Crippen MR) is 108 cm³/mol. The lowest BCUT2D eigenvalue weighted by Crippen LogP contribution is -2.63. The molecule has 1 aromatic rings. The summed E-state index contributed by atoms with van der Waals surface area (Å²) in [5.74, 6) is 0.841. The molecule has 1 spiro atoms. The second-order valence-corrected chi connectivity index (χ2v) is 9.22. The molecule has 3 rings (SSSR count). The van der Waals surface area contributed by atoms with Crippen molar-refractivity contribution in [2.24, 2.45) is 5.41 Å². The van der Waals surface area contributed by atoms with E-state index in [0.717, 1.165) is 30.0 Å². The number of nitrogens with one attached hydrogen (secondary N) is 1. The summed E-state index contributed by atoms with van der Waals surface area (Å²) in [4.78, 5) is 27.3. The largest absolute Gasteiger partial charge is 0.488 e. The molecule has 1 amide bonds. The number of pyridine rings is 1. The monoisotopic (exact) mass is 445 g/mol. The van der Waals surface area contributed by atoms with E-state index in [0.29, 0.717) is 18.1 Å². The number of halogens is 3. The van der Waals surface area contributed by atoms with Crippen LogP contribution in [-0.4, -0.2) is 60.3 Å². The third-order valence-corrected chi connectivity index (χ3v) is 4.87. The zero-order valence-corrected chi connectivity index (χ0v) is 18.5. The predicted octanol–water partition coefficient (Wildman–Crippen LogP) is 3.64. The zero-order valence-electron chi connectivity index (χ0n) is 18.5. The molecule has 1 N–H and O–H groups in total.